The normalized spacial score (nSPS) is 19.2. The molecule has 1 atom stereocenters. The predicted molar refractivity (Wildman–Crippen MR) is 83.3 cm³/mol. The number of non-ortho nitro benzene ring substituents is 1. The Kier molecular flexibility index (Phi) is 5.27. The largest absolute Gasteiger partial charge is 0.324 e. The number of nitrogens with zero attached hydrogens (tertiary/aromatic N) is 2. The van der Waals surface area contributed by atoms with E-state index in [4.69, 9.17) is 0 Å². The van der Waals surface area contributed by atoms with Gasteiger partial charge in [-0.3, -0.25) is 19.8 Å². The average molecular weight is 357 g/mol. The number of carbonyl (C=O) groups is 1. The highest BCUT2D eigenvalue weighted by Crippen LogP contribution is 2.27. The lowest BCUT2D eigenvalue weighted by molar-refractivity contribution is -0.384. The molecular formula is C13H17BrN4O3. The summed E-state index contributed by atoms with van der Waals surface area (Å²) >= 11 is 3.24. The molecule has 1 aromatic rings. The molecule has 0 saturated carbocycles. The van der Waals surface area contributed by atoms with Crippen LogP contribution in [0.1, 0.15) is 6.92 Å². The Morgan fingerprint density at radius 2 is 2.38 bits per heavy atom. The SMILES string of the molecule is C[C@H]1CNCCN1CC(=O)Nc1ccc([N+](=O)[O-])cc1Br. The zero-order chi connectivity index (χ0) is 15.4. The van der Waals surface area contributed by atoms with E-state index in [1.165, 1.54) is 18.2 Å². The van der Waals surface area contributed by atoms with Crippen molar-refractivity contribution in [2.45, 2.75) is 13.0 Å². The lowest BCUT2D eigenvalue weighted by Crippen LogP contribution is -2.52. The van der Waals surface area contributed by atoms with E-state index in [1.54, 1.807) is 0 Å². The number of anilines is 1. The quantitative estimate of drug-likeness (QED) is 0.631. The topological polar surface area (TPSA) is 87.5 Å². The molecule has 1 aliphatic heterocycles. The number of benzene rings is 1. The van der Waals surface area contributed by atoms with Gasteiger partial charge in [-0.1, -0.05) is 0 Å². The van der Waals surface area contributed by atoms with Crippen molar-refractivity contribution in [1.29, 1.82) is 0 Å². The number of nitro benzene ring substituents is 1. The number of amides is 1. The van der Waals surface area contributed by atoms with E-state index in [-0.39, 0.29) is 11.6 Å². The number of piperazine rings is 1. The van der Waals surface area contributed by atoms with Crippen LogP contribution in [0.25, 0.3) is 0 Å². The van der Waals surface area contributed by atoms with E-state index in [0.29, 0.717) is 22.7 Å². The number of hydrogen-bond acceptors (Lipinski definition) is 5. The van der Waals surface area contributed by atoms with Gasteiger partial charge >= 0.3 is 0 Å². The zero-order valence-corrected chi connectivity index (χ0v) is 13.2. The molecule has 2 rings (SSSR count). The van der Waals surface area contributed by atoms with Gasteiger partial charge in [-0.2, -0.15) is 0 Å². The number of halogens is 1. The number of carbonyl (C=O) groups excluding carboxylic acids is 1. The molecule has 7 nitrogen and oxygen atoms in total. The van der Waals surface area contributed by atoms with Crippen molar-refractivity contribution in [2.75, 3.05) is 31.5 Å². The van der Waals surface area contributed by atoms with Crippen LogP contribution in [0.5, 0.6) is 0 Å². The summed E-state index contributed by atoms with van der Waals surface area (Å²) in [5, 5.41) is 16.7. The van der Waals surface area contributed by atoms with E-state index in [2.05, 4.69) is 38.4 Å². The lowest BCUT2D eigenvalue weighted by Gasteiger charge is -2.33. The predicted octanol–water partition coefficient (Wildman–Crippen LogP) is 1.59. The molecule has 0 aromatic heterocycles. The lowest BCUT2D eigenvalue weighted by atomic mass is 10.2. The molecule has 1 saturated heterocycles. The molecule has 0 radical (unpaired) electrons. The van der Waals surface area contributed by atoms with Crippen LogP contribution in [0.3, 0.4) is 0 Å². The van der Waals surface area contributed by atoms with Crippen molar-refractivity contribution in [3.63, 3.8) is 0 Å². The second-order valence-corrected chi connectivity index (χ2v) is 5.85. The summed E-state index contributed by atoms with van der Waals surface area (Å²) in [5.41, 5.74) is 0.518. The Hall–Kier alpha value is -1.51. The molecular weight excluding hydrogens is 340 g/mol. The summed E-state index contributed by atoms with van der Waals surface area (Å²) in [4.78, 5) is 24.4. The van der Waals surface area contributed by atoms with E-state index in [0.717, 1.165) is 19.6 Å². The molecule has 0 unspecified atom stereocenters. The summed E-state index contributed by atoms with van der Waals surface area (Å²) in [6.45, 7) is 4.96. The molecule has 1 amide bonds. The number of rotatable bonds is 4. The Labute approximate surface area is 131 Å². The van der Waals surface area contributed by atoms with Crippen LogP contribution >= 0.6 is 15.9 Å². The maximum absolute atomic E-state index is 12.1. The van der Waals surface area contributed by atoms with E-state index in [9.17, 15) is 14.9 Å². The van der Waals surface area contributed by atoms with Crippen LogP contribution in [-0.4, -0.2) is 48.0 Å². The average Bonchev–Trinajstić information content (AvgIpc) is 2.43. The van der Waals surface area contributed by atoms with Gasteiger partial charge in [-0.25, -0.2) is 0 Å². The summed E-state index contributed by atoms with van der Waals surface area (Å²) in [6.07, 6.45) is 0. The van der Waals surface area contributed by atoms with Crippen molar-refractivity contribution >= 4 is 33.2 Å². The third-order valence-electron chi connectivity index (χ3n) is 3.42. The molecule has 114 valence electrons. The van der Waals surface area contributed by atoms with Gasteiger partial charge in [-0.15, -0.1) is 0 Å². The molecule has 2 N–H and O–H groups in total. The molecule has 21 heavy (non-hydrogen) atoms. The zero-order valence-electron chi connectivity index (χ0n) is 11.6. The van der Waals surface area contributed by atoms with Gasteiger partial charge in [0.05, 0.1) is 17.2 Å². The Morgan fingerprint density at radius 1 is 1.62 bits per heavy atom. The summed E-state index contributed by atoms with van der Waals surface area (Å²) < 4.78 is 0.499. The summed E-state index contributed by atoms with van der Waals surface area (Å²) in [7, 11) is 0. The molecule has 1 aliphatic rings. The van der Waals surface area contributed by atoms with Crippen LogP contribution in [-0.2, 0) is 4.79 Å². The maximum Gasteiger partial charge on any atom is 0.270 e. The van der Waals surface area contributed by atoms with Gasteiger partial charge in [-0.05, 0) is 28.9 Å². The van der Waals surface area contributed by atoms with Crippen LogP contribution in [0.4, 0.5) is 11.4 Å². The minimum Gasteiger partial charge on any atom is -0.324 e. The molecule has 0 aliphatic carbocycles. The Bertz CT molecular complexity index is 552. The van der Waals surface area contributed by atoms with Gasteiger partial charge in [0.1, 0.15) is 0 Å². The first-order chi connectivity index (χ1) is 9.97. The number of hydrogen-bond donors (Lipinski definition) is 2. The second kappa shape index (κ2) is 6.97. The molecule has 8 heteroatoms. The second-order valence-electron chi connectivity index (χ2n) is 4.99. The van der Waals surface area contributed by atoms with Crippen molar-refractivity contribution < 1.29 is 9.72 Å². The van der Waals surface area contributed by atoms with E-state index < -0.39 is 4.92 Å². The van der Waals surface area contributed by atoms with Crippen LogP contribution < -0.4 is 10.6 Å². The van der Waals surface area contributed by atoms with Gasteiger partial charge in [0.15, 0.2) is 0 Å². The van der Waals surface area contributed by atoms with Gasteiger partial charge < -0.3 is 10.6 Å². The smallest absolute Gasteiger partial charge is 0.270 e. The number of nitro groups is 1. The standard InChI is InChI=1S/C13H17BrN4O3/c1-9-7-15-4-5-17(9)8-13(19)16-12-3-2-10(18(20)21)6-11(12)14/h2-3,6,9,15H,4-5,7-8H2,1H3,(H,16,19)/t9-/m0/s1. The highest BCUT2D eigenvalue weighted by Gasteiger charge is 2.20. The molecule has 0 spiro atoms. The molecule has 1 aromatic carbocycles. The summed E-state index contributed by atoms with van der Waals surface area (Å²) in [6, 6.07) is 4.59. The van der Waals surface area contributed by atoms with Crippen LogP contribution in [0.15, 0.2) is 22.7 Å². The van der Waals surface area contributed by atoms with E-state index in [1.807, 2.05) is 0 Å². The minimum atomic E-state index is -0.473. The van der Waals surface area contributed by atoms with Crippen molar-refractivity contribution in [2.24, 2.45) is 0 Å². The van der Waals surface area contributed by atoms with Gasteiger partial charge in [0.2, 0.25) is 5.91 Å². The van der Waals surface area contributed by atoms with Gasteiger partial charge in [0.25, 0.3) is 5.69 Å². The van der Waals surface area contributed by atoms with Crippen LogP contribution in [0.2, 0.25) is 0 Å². The third-order valence-corrected chi connectivity index (χ3v) is 4.08. The fourth-order valence-corrected chi connectivity index (χ4v) is 2.68. The number of nitrogens with one attached hydrogen (secondary N) is 2. The summed E-state index contributed by atoms with van der Waals surface area (Å²) in [5.74, 6) is -0.127. The highest BCUT2D eigenvalue weighted by atomic mass is 79.9. The van der Waals surface area contributed by atoms with Crippen molar-refractivity contribution in [3.05, 3.63) is 32.8 Å². The molecule has 1 heterocycles. The third kappa shape index (κ3) is 4.23. The fourth-order valence-electron chi connectivity index (χ4n) is 2.21. The fraction of sp³-hybridized carbons (Fsp3) is 0.462. The maximum atomic E-state index is 12.1. The first-order valence-electron chi connectivity index (χ1n) is 6.66. The van der Waals surface area contributed by atoms with Crippen molar-refractivity contribution in [3.8, 4) is 0 Å². The first kappa shape index (κ1) is 15.9. The highest BCUT2D eigenvalue weighted by molar-refractivity contribution is 9.10. The van der Waals surface area contributed by atoms with E-state index >= 15 is 0 Å². The molecule has 0 bridgehead atoms. The monoisotopic (exact) mass is 356 g/mol. The van der Waals surface area contributed by atoms with Crippen LogP contribution in [0, 0.1) is 10.1 Å². The minimum absolute atomic E-state index is 0.0180. The Balaban J connectivity index is 1.97. The van der Waals surface area contributed by atoms with Crippen molar-refractivity contribution in [1.82, 2.24) is 10.2 Å². The Morgan fingerprint density at radius 3 is 3.00 bits per heavy atom. The first-order valence-corrected chi connectivity index (χ1v) is 7.45. The molecule has 1 fully saturated rings. The van der Waals surface area contributed by atoms with Gasteiger partial charge in [0, 0.05) is 42.3 Å².